The number of hydrogen-bond donors (Lipinski definition) is 2. The number of carbonyl (C=O) groups excluding carboxylic acids is 2. The first-order valence-corrected chi connectivity index (χ1v) is 10.3. The van der Waals surface area contributed by atoms with Gasteiger partial charge in [0.15, 0.2) is 0 Å². The number of benzene rings is 3. The molecule has 0 aromatic heterocycles. The van der Waals surface area contributed by atoms with Crippen LogP contribution in [0.4, 0.5) is 0 Å². The predicted molar refractivity (Wildman–Crippen MR) is 125 cm³/mol. The molecule has 3 rings (SSSR count). The lowest BCUT2D eigenvalue weighted by Gasteiger charge is -2.11. The van der Waals surface area contributed by atoms with E-state index in [1.54, 1.807) is 24.3 Å². The first-order valence-electron chi connectivity index (χ1n) is 10.3. The third kappa shape index (κ3) is 7.12. The number of aryl methyl sites for hydroxylation is 1. The van der Waals surface area contributed by atoms with Gasteiger partial charge in [-0.05, 0) is 42.7 Å². The summed E-state index contributed by atoms with van der Waals surface area (Å²) in [5, 5.41) is 5.64. The van der Waals surface area contributed by atoms with Crippen LogP contribution in [0.25, 0.3) is 6.08 Å². The van der Waals surface area contributed by atoms with Gasteiger partial charge in [0, 0.05) is 12.1 Å². The molecule has 0 aliphatic heterocycles. The minimum atomic E-state index is -0.325. The highest BCUT2D eigenvalue weighted by Crippen LogP contribution is 2.06. The molecule has 0 saturated heterocycles. The van der Waals surface area contributed by atoms with Gasteiger partial charge < -0.3 is 10.6 Å². The Bertz CT molecular complexity index is 1050. The lowest BCUT2D eigenvalue weighted by Crippen LogP contribution is -2.35. The molecule has 31 heavy (non-hydrogen) atoms. The molecule has 0 saturated carbocycles. The Hall–Kier alpha value is -3.92. The molecule has 0 atom stereocenters. The summed E-state index contributed by atoms with van der Waals surface area (Å²) in [6.07, 6.45) is 5.98. The summed E-state index contributed by atoms with van der Waals surface area (Å²) in [6.45, 7) is 2.44. The maximum absolute atomic E-state index is 12.8. The number of rotatable bonds is 8. The third-order valence-corrected chi connectivity index (χ3v) is 4.70. The molecule has 4 heteroatoms. The van der Waals surface area contributed by atoms with E-state index in [4.69, 9.17) is 0 Å². The summed E-state index contributed by atoms with van der Waals surface area (Å²) in [7, 11) is 0. The van der Waals surface area contributed by atoms with E-state index in [-0.39, 0.29) is 17.5 Å². The zero-order chi connectivity index (χ0) is 21.9. The molecular weight excluding hydrogens is 384 g/mol. The molecule has 0 heterocycles. The molecule has 0 aliphatic carbocycles. The van der Waals surface area contributed by atoms with Crippen LogP contribution in [0, 0.1) is 6.92 Å². The van der Waals surface area contributed by atoms with Crippen molar-refractivity contribution >= 4 is 17.9 Å². The highest BCUT2D eigenvalue weighted by molar-refractivity contribution is 6.03. The average Bonchev–Trinajstić information content (AvgIpc) is 2.80. The molecule has 0 fully saturated rings. The van der Waals surface area contributed by atoms with Crippen molar-refractivity contribution in [3.05, 3.63) is 125 Å². The lowest BCUT2D eigenvalue weighted by molar-refractivity contribution is -0.117. The molecule has 0 aliphatic rings. The van der Waals surface area contributed by atoms with Crippen LogP contribution >= 0.6 is 0 Å². The van der Waals surface area contributed by atoms with Gasteiger partial charge >= 0.3 is 0 Å². The molecule has 2 amide bonds. The molecule has 3 aromatic carbocycles. The minimum absolute atomic E-state index is 0.200. The van der Waals surface area contributed by atoms with E-state index in [9.17, 15) is 9.59 Å². The minimum Gasteiger partial charge on any atom is -0.350 e. The molecule has 156 valence electrons. The van der Waals surface area contributed by atoms with Gasteiger partial charge in [0.2, 0.25) is 0 Å². The number of amides is 2. The first kappa shape index (κ1) is 21.8. The Labute approximate surface area is 183 Å². The fourth-order valence-corrected chi connectivity index (χ4v) is 2.95. The van der Waals surface area contributed by atoms with Gasteiger partial charge in [-0.2, -0.15) is 0 Å². The van der Waals surface area contributed by atoms with E-state index in [2.05, 4.69) is 10.6 Å². The van der Waals surface area contributed by atoms with E-state index in [0.717, 1.165) is 16.7 Å². The largest absolute Gasteiger partial charge is 0.350 e. The van der Waals surface area contributed by atoms with Crippen LogP contribution in [0.5, 0.6) is 0 Å². The molecule has 2 N–H and O–H groups in total. The normalized spacial score (nSPS) is 11.3. The Kier molecular flexibility index (Phi) is 7.95. The molecule has 0 bridgehead atoms. The van der Waals surface area contributed by atoms with Gasteiger partial charge in [-0.25, -0.2) is 0 Å². The Morgan fingerprint density at radius 1 is 0.839 bits per heavy atom. The van der Waals surface area contributed by atoms with Crippen LogP contribution in [0.2, 0.25) is 0 Å². The van der Waals surface area contributed by atoms with E-state index in [0.29, 0.717) is 18.5 Å². The highest BCUT2D eigenvalue weighted by atomic mass is 16.2. The van der Waals surface area contributed by atoms with Crippen LogP contribution < -0.4 is 10.6 Å². The SMILES string of the molecule is Cc1ccc(C(=O)N/C(=C/C=C\c2ccccc2)C(=O)NCCc2ccccc2)cc1. The second-order valence-electron chi connectivity index (χ2n) is 7.16. The summed E-state index contributed by atoms with van der Waals surface area (Å²) >= 11 is 0. The molecule has 3 aromatic rings. The Morgan fingerprint density at radius 2 is 1.48 bits per heavy atom. The third-order valence-electron chi connectivity index (χ3n) is 4.70. The van der Waals surface area contributed by atoms with Crippen LogP contribution in [0.15, 0.2) is 103 Å². The van der Waals surface area contributed by atoms with Gasteiger partial charge in [0.25, 0.3) is 11.8 Å². The molecule has 4 nitrogen and oxygen atoms in total. The van der Waals surface area contributed by atoms with Crippen molar-refractivity contribution in [2.75, 3.05) is 6.54 Å². The van der Waals surface area contributed by atoms with Crippen LogP contribution in [0.3, 0.4) is 0 Å². The summed E-state index contributed by atoms with van der Waals surface area (Å²) in [4.78, 5) is 25.4. The topological polar surface area (TPSA) is 58.2 Å². The Balaban J connectivity index is 1.70. The quantitative estimate of drug-likeness (QED) is 0.418. The molecule has 0 spiro atoms. The highest BCUT2D eigenvalue weighted by Gasteiger charge is 2.13. The van der Waals surface area contributed by atoms with Crippen molar-refractivity contribution in [3.8, 4) is 0 Å². The standard InChI is InChI=1S/C27H26N2O2/c1-21-15-17-24(18-16-21)26(30)29-25(14-8-13-22-9-4-2-5-10-22)27(31)28-20-19-23-11-6-3-7-12-23/h2-18H,19-20H2,1H3,(H,28,31)(H,29,30)/b13-8-,25-14+. The van der Waals surface area contributed by atoms with Crippen molar-refractivity contribution < 1.29 is 9.59 Å². The summed E-state index contributed by atoms with van der Waals surface area (Å²) < 4.78 is 0. The molecule has 0 radical (unpaired) electrons. The Morgan fingerprint density at radius 3 is 2.16 bits per heavy atom. The van der Waals surface area contributed by atoms with Gasteiger partial charge in [0.05, 0.1) is 0 Å². The predicted octanol–water partition coefficient (Wildman–Crippen LogP) is 4.68. The first-order chi connectivity index (χ1) is 15.1. The van der Waals surface area contributed by atoms with E-state index < -0.39 is 0 Å². The number of nitrogens with one attached hydrogen (secondary N) is 2. The van der Waals surface area contributed by atoms with Gasteiger partial charge in [0.1, 0.15) is 5.70 Å². The van der Waals surface area contributed by atoms with E-state index in [1.165, 1.54) is 0 Å². The van der Waals surface area contributed by atoms with Gasteiger partial charge in [-0.15, -0.1) is 0 Å². The van der Waals surface area contributed by atoms with Crippen molar-refractivity contribution in [2.45, 2.75) is 13.3 Å². The van der Waals surface area contributed by atoms with Gasteiger partial charge in [-0.1, -0.05) is 90.5 Å². The van der Waals surface area contributed by atoms with Crippen LogP contribution in [-0.4, -0.2) is 18.4 Å². The van der Waals surface area contributed by atoms with E-state index >= 15 is 0 Å². The van der Waals surface area contributed by atoms with E-state index in [1.807, 2.05) is 85.8 Å². The van der Waals surface area contributed by atoms with Crippen LogP contribution in [-0.2, 0) is 11.2 Å². The second-order valence-corrected chi connectivity index (χ2v) is 7.16. The fourth-order valence-electron chi connectivity index (χ4n) is 2.95. The molecule has 0 unspecified atom stereocenters. The van der Waals surface area contributed by atoms with Crippen molar-refractivity contribution in [1.29, 1.82) is 0 Å². The van der Waals surface area contributed by atoms with Gasteiger partial charge in [-0.3, -0.25) is 9.59 Å². The van der Waals surface area contributed by atoms with Crippen molar-refractivity contribution in [2.24, 2.45) is 0 Å². The zero-order valence-corrected chi connectivity index (χ0v) is 17.5. The number of carbonyl (C=O) groups is 2. The smallest absolute Gasteiger partial charge is 0.267 e. The summed E-state index contributed by atoms with van der Waals surface area (Å²) in [6, 6.07) is 26.9. The monoisotopic (exact) mass is 410 g/mol. The number of allylic oxidation sites excluding steroid dienone is 2. The fraction of sp³-hybridized carbons (Fsp3) is 0.111. The van der Waals surface area contributed by atoms with Crippen LogP contribution in [0.1, 0.15) is 27.0 Å². The summed E-state index contributed by atoms with van der Waals surface area (Å²) in [5.41, 5.74) is 3.91. The van der Waals surface area contributed by atoms with Crippen molar-refractivity contribution in [3.63, 3.8) is 0 Å². The average molecular weight is 411 g/mol. The summed E-state index contributed by atoms with van der Waals surface area (Å²) in [5.74, 6) is -0.647. The maximum atomic E-state index is 12.8. The lowest BCUT2D eigenvalue weighted by atomic mass is 10.1. The molecular formula is C27H26N2O2. The maximum Gasteiger partial charge on any atom is 0.267 e. The number of hydrogen-bond acceptors (Lipinski definition) is 2. The van der Waals surface area contributed by atoms with Crippen molar-refractivity contribution in [1.82, 2.24) is 10.6 Å². The second kappa shape index (κ2) is 11.3. The zero-order valence-electron chi connectivity index (χ0n) is 17.5.